The number of hydrogen-bond acceptors (Lipinski definition) is 6. The van der Waals surface area contributed by atoms with Gasteiger partial charge in [-0.2, -0.15) is 0 Å². The fraction of sp³-hybridized carbons (Fsp3) is 0. The van der Waals surface area contributed by atoms with Crippen LogP contribution in [0.5, 0.6) is 0 Å². The number of benzene rings is 6. The summed E-state index contributed by atoms with van der Waals surface area (Å²) in [6.07, 6.45) is 10.1. The summed E-state index contributed by atoms with van der Waals surface area (Å²) >= 11 is 0. The van der Waals surface area contributed by atoms with Gasteiger partial charge in [0.05, 0.1) is 34.9 Å². The lowest BCUT2D eigenvalue weighted by atomic mass is 9.86. The molecule has 254 valence electrons. The minimum absolute atomic E-state index is 0.535. The molecule has 0 bridgehead atoms. The van der Waals surface area contributed by atoms with Crippen molar-refractivity contribution < 1.29 is 8.83 Å². The van der Waals surface area contributed by atoms with Gasteiger partial charge in [0.2, 0.25) is 11.8 Å². The molecule has 10 aromatic rings. The molecule has 0 spiro atoms. The SMILES string of the molecule is c1ccc(-c2cc(-c3ccccc3)cc(-c3ccc4c(-c5ccc(-c6ncco6)cn5)c5ccccc5c(-c5ccc(-c6ncco6)cn5)c4c3)c2)cc1. The van der Waals surface area contributed by atoms with E-state index in [0.717, 1.165) is 77.4 Å². The topological polar surface area (TPSA) is 77.8 Å². The fourth-order valence-corrected chi connectivity index (χ4v) is 7.37. The van der Waals surface area contributed by atoms with Gasteiger partial charge in [-0.3, -0.25) is 9.97 Å². The van der Waals surface area contributed by atoms with E-state index >= 15 is 0 Å². The lowest BCUT2D eigenvalue weighted by Gasteiger charge is -2.18. The lowest BCUT2D eigenvalue weighted by Crippen LogP contribution is -1.95. The molecule has 6 heteroatoms. The van der Waals surface area contributed by atoms with Crippen LogP contribution in [0.15, 0.2) is 192 Å². The third kappa shape index (κ3) is 5.63. The van der Waals surface area contributed by atoms with Gasteiger partial charge >= 0.3 is 0 Å². The van der Waals surface area contributed by atoms with Crippen LogP contribution in [0.25, 0.3) is 100 Å². The molecule has 0 unspecified atom stereocenters. The van der Waals surface area contributed by atoms with Crippen LogP contribution >= 0.6 is 0 Å². The van der Waals surface area contributed by atoms with Crippen molar-refractivity contribution in [3.8, 4) is 78.8 Å². The summed E-state index contributed by atoms with van der Waals surface area (Å²) in [7, 11) is 0. The molecule has 0 aliphatic carbocycles. The second kappa shape index (κ2) is 13.3. The van der Waals surface area contributed by atoms with Crippen molar-refractivity contribution in [1.82, 2.24) is 19.9 Å². The fourth-order valence-electron chi connectivity index (χ4n) is 7.37. The van der Waals surface area contributed by atoms with Crippen molar-refractivity contribution in [3.05, 3.63) is 183 Å². The van der Waals surface area contributed by atoms with E-state index in [9.17, 15) is 0 Å². The Morgan fingerprint density at radius 2 is 0.759 bits per heavy atom. The molecular weight excluding hydrogens is 665 g/mol. The highest BCUT2D eigenvalue weighted by Crippen LogP contribution is 2.45. The molecule has 10 rings (SSSR count). The number of aromatic nitrogens is 4. The number of rotatable bonds is 7. The number of hydrogen-bond donors (Lipinski definition) is 0. The molecule has 0 radical (unpaired) electrons. The van der Waals surface area contributed by atoms with E-state index in [1.807, 2.05) is 30.6 Å². The zero-order valence-electron chi connectivity index (χ0n) is 28.9. The van der Waals surface area contributed by atoms with Crippen LogP contribution in [0.4, 0.5) is 0 Å². The average Bonchev–Trinajstić information content (AvgIpc) is 4.00. The zero-order valence-corrected chi connectivity index (χ0v) is 28.9. The second-order valence-corrected chi connectivity index (χ2v) is 13.1. The minimum atomic E-state index is 0.535. The quantitative estimate of drug-likeness (QED) is 0.155. The van der Waals surface area contributed by atoms with Gasteiger partial charge < -0.3 is 8.83 Å². The van der Waals surface area contributed by atoms with E-state index in [0.29, 0.717) is 11.8 Å². The highest BCUT2D eigenvalue weighted by atomic mass is 16.3. The second-order valence-electron chi connectivity index (χ2n) is 13.1. The van der Waals surface area contributed by atoms with Crippen LogP contribution in [0.3, 0.4) is 0 Å². The molecule has 0 aliphatic rings. The molecule has 0 saturated heterocycles. The first-order valence-electron chi connectivity index (χ1n) is 17.7. The Morgan fingerprint density at radius 3 is 1.22 bits per heavy atom. The monoisotopic (exact) mass is 694 g/mol. The standard InChI is InChI=1S/C48H30N4O2/c1-3-9-31(10-4-1)36-25-37(32-11-5-2-6-12-32)27-38(26-36)33-15-18-41-42(28-33)46(44-20-17-35(30-52-44)48-50-22-24-54-48)40-14-8-7-13-39(40)45(41)43-19-16-34(29-51-43)47-49-21-23-53-47/h1-30H. The summed E-state index contributed by atoms with van der Waals surface area (Å²) in [4.78, 5) is 18.7. The predicted octanol–water partition coefficient (Wildman–Crippen LogP) is 12.4. The summed E-state index contributed by atoms with van der Waals surface area (Å²) < 4.78 is 11.1. The molecule has 0 amide bonds. The van der Waals surface area contributed by atoms with Gasteiger partial charge in [0.1, 0.15) is 12.5 Å². The summed E-state index contributed by atoms with van der Waals surface area (Å²) in [5.74, 6) is 1.07. The van der Waals surface area contributed by atoms with E-state index in [1.165, 1.54) is 11.1 Å². The average molecular weight is 695 g/mol. The zero-order chi connectivity index (χ0) is 35.8. The molecule has 6 aromatic carbocycles. The first-order chi connectivity index (χ1) is 26.8. The van der Waals surface area contributed by atoms with Crippen LogP contribution in [-0.2, 0) is 0 Å². The van der Waals surface area contributed by atoms with Gasteiger partial charge in [-0.1, -0.05) is 97.1 Å². The third-order valence-electron chi connectivity index (χ3n) is 9.90. The summed E-state index contributed by atoms with van der Waals surface area (Å²) in [5.41, 5.74) is 12.3. The van der Waals surface area contributed by atoms with Gasteiger partial charge in [-0.05, 0) is 103 Å². The molecule has 54 heavy (non-hydrogen) atoms. The van der Waals surface area contributed by atoms with Crippen LogP contribution in [-0.4, -0.2) is 19.9 Å². The van der Waals surface area contributed by atoms with Crippen molar-refractivity contribution in [3.63, 3.8) is 0 Å². The summed E-state index contributed by atoms with van der Waals surface area (Å²) in [6, 6.07) is 51.4. The van der Waals surface area contributed by atoms with Crippen LogP contribution < -0.4 is 0 Å². The van der Waals surface area contributed by atoms with Crippen molar-refractivity contribution in [2.75, 3.05) is 0 Å². The van der Waals surface area contributed by atoms with Gasteiger partial charge in [0.25, 0.3) is 0 Å². The molecular formula is C48H30N4O2. The minimum Gasteiger partial charge on any atom is -0.444 e. The van der Waals surface area contributed by atoms with E-state index in [1.54, 1.807) is 24.9 Å². The Bertz CT molecular complexity index is 2830. The van der Waals surface area contributed by atoms with Crippen LogP contribution in [0.1, 0.15) is 0 Å². The van der Waals surface area contributed by atoms with Crippen LogP contribution in [0, 0.1) is 0 Å². The van der Waals surface area contributed by atoms with Gasteiger partial charge in [0.15, 0.2) is 0 Å². The predicted molar refractivity (Wildman–Crippen MR) is 215 cm³/mol. The van der Waals surface area contributed by atoms with E-state index in [4.69, 9.17) is 18.8 Å². The Morgan fingerprint density at radius 1 is 0.315 bits per heavy atom. The smallest absolute Gasteiger partial charge is 0.227 e. The molecule has 0 saturated carbocycles. The number of oxazole rings is 2. The van der Waals surface area contributed by atoms with Crippen molar-refractivity contribution >= 4 is 21.5 Å². The number of nitrogens with zero attached hydrogens (tertiary/aromatic N) is 4. The normalized spacial score (nSPS) is 11.3. The largest absolute Gasteiger partial charge is 0.444 e. The maximum atomic E-state index is 5.58. The molecule has 6 nitrogen and oxygen atoms in total. The molecule has 0 aliphatic heterocycles. The highest BCUT2D eigenvalue weighted by Gasteiger charge is 2.20. The molecule has 0 fully saturated rings. The Hall–Kier alpha value is -7.44. The molecule has 4 heterocycles. The Labute approximate surface area is 311 Å². The lowest BCUT2D eigenvalue weighted by molar-refractivity contribution is 0.574. The highest BCUT2D eigenvalue weighted by molar-refractivity contribution is 6.21. The molecule has 0 atom stereocenters. The van der Waals surface area contributed by atoms with Crippen molar-refractivity contribution in [2.24, 2.45) is 0 Å². The Kier molecular flexibility index (Phi) is 7.69. The van der Waals surface area contributed by atoms with E-state index < -0.39 is 0 Å². The van der Waals surface area contributed by atoms with Crippen LogP contribution in [0.2, 0.25) is 0 Å². The van der Waals surface area contributed by atoms with Crippen molar-refractivity contribution in [1.29, 1.82) is 0 Å². The molecule has 0 N–H and O–H groups in total. The third-order valence-corrected chi connectivity index (χ3v) is 9.90. The first-order valence-corrected chi connectivity index (χ1v) is 17.7. The summed E-state index contributed by atoms with van der Waals surface area (Å²) in [6.45, 7) is 0. The number of pyridine rings is 2. The first kappa shape index (κ1) is 31.3. The van der Waals surface area contributed by atoms with Crippen molar-refractivity contribution in [2.45, 2.75) is 0 Å². The summed E-state index contributed by atoms with van der Waals surface area (Å²) in [5, 5.41) is 4.31. The van der Waals surface area contributed by atoms with Gasteiger partial charge in [-0.15, -0.1) is 0 Å². The molecule has 4 aromatic heterocycles. The van der Waals surface area contributed by atoms with E-state index in [2.05, 4.69) is 137 Å². The maximum Gasteiger partial charge on any atom is 0.227 e. The number of fused-ring (bicyclic) bond motifs is 2. The van der Waals surface area contributed by atoms with E-state index in [-0.39, 0.29) is 0 Å². The van der Waals surface area contributed by atoms with Gasteiger partial charge in [0, 0.05) is 23.5 Å². The maximum absolute atomic E-state index is 5.58. The van der Waals surface area contributed by atoms with Gasteiger partial charge in [-0.25, -0.2) is 9.97 Å². The Balaban J connectivity index is 1.23.